The molecule has 2 N–H and O–H groups in total. The summed E-state index contributed by atoms with van der Waals surface area (Å²) in [5, 5.41) is 0. The highest BCUT2D eigenvalue weighted by Gasteiger charge is 2.35. The summed E-state index contributed by atoms with van der Waals surface area (Å²) >= 11 is 4.56. The molecule has 7 heteroatoms. The number of halogens is 1. The SMILES string of the molecule is CC1CCC(CN)CN1S(=O)(=O)c1ccc(Br)s1. The number of nitrogens with zero attached hydrogens (tertiary/aromatic N) is 1. The van der Waals surface area contributed by atoms with Crippen LogP contribution in [0.1, 0.15) is 19.8 Å². The number of thiophene rings is 1. The van der Waals surface area contributed by atoms with Crippen molar-refractivity contribution in [2.45, 2.75) is 30.0 Å². The maximum absolute atomic E-state index is 12.5. The molecule has 2 rings (SSSR count). The van der Waals surface area contributed by atoms with Crippen LogP contribution in [0.25, 0.3) is 0 Å². The van der Waals surface area contributed by atoms with Gasteiger partial charge in [-0.15, -0.1) is 11.3 Å². The first-order valence-electron chi connectivity index (χ1n) is 5.92. The predicted octanol–water partition coefficient (Wildman–Crippen LogP) is 2.26. The quantitative estimate of drug-likeness (QED) is 0.907. The second-order valence-electron chi connectivity index (χ2n) is 4.66. The van der Waals surface area contributed by atoms with Crippen molar-refractivity contribution >= 4 is 37.3 Å². The van der Waals surface area contributed by atoms with Crippen molar-refractivity contribution in [1.29, 1.82) is 0 Å². The van der Waals surface area contributed by atoms with Crippen LogP contribution >= 0.6 is 27.3 Å². The standard InChI is InChI=1S/C11H17BrN2O2S2/c1-8-2-3-9(6-13)7-14(8)18(15,16)11-5-4-10(12)17-11/h4-5,8-9H,2-3,6-7,13H2,1H3. The molecule has 2 heterocycles. The molecule has 2 unspecified atom stereocenters. The summed E-state index contributed by atoms with van der Waals surface area (Å²) in [6, 6.07) is 3.48. The van der Waals surface area contributed by atoms with Gasteiger partial charge in [-0.25, -0.2) is 8.42 Å². The fraction of sp³-hybridized carbons (Fsp3) is 0.636. The summed E-state index contributed by atoms with van der Waals surface area (Å²) in [7, 11) is -3.37. The second-order valence-corrected chi connectivity index (χ2v) is 9.24. The van der Waals surface area contributed by atoms with Crippen molar-refractivity contribution in [2.24, 2.45) is 11.7 Å². The first-order valence-corrected chi connectivity index (χ1v) is 8.97. The lowest BCUT2D eigenvalue weighted by Crippen LogP contribution is -2.46. The third kappa shape index (κ3) is 2.80. The van der Waals surface area contributed by atoms with Crippen LogP contribution in [0.5, 0.6) is 0 Å². The lowest BCUT2D eigenvalue weighted by atomic mass is 9.96. The molecule has 0 amide bonds. The Kier molecular flexibility index (Phi) is 4.48. The minimum absolute atomic E-state index is 0.0543. The molecule has 1 aliphatic rings. The fourth-order valence-electron chi connectivity index (χ4n) is 2.23. The number of nitrogens with two attached hydrogens (primary N) is 1. The van der Waals surface area contributed by atoms with Crippen LogP contribution in [-0.2, 0) is 10.0 Å². The van der Waals surface area contributed by atoms with Crippen molar-refractivity contribution in [3.05, 3.63) is 15.9 Å². The highest BCUT2D eigenvalue weighted by molar-refractivity contribution is 9.11. The van der Waals surface area contributed by atoms with E-state index in [0.717, 1.165) is 16.6 Å². The zero-order valence-electron chi connectivity index (χ0n) is 10.2. The summed E-state index contributed by atoms with van der Waals surface area (Å²) in [6.07, 6.45) is 1.89. The minimum Gasteiger partial charge on any atom is -0.330 e. The Morgan fingerprint density at radius 1 is 1.50 bits per heavy atom. The highest BCUT2D eigenvalue weighted by Crippen LogP contribution is 2.32. The van der Waals surface area contributed by atoms with Crippen molar-refractivity contribution in [3.8, 4) is 0 Å². The third-order valence-corrected chi connectivity index (χ3v) is 7.44. The molecule has 18 heavy (non-hydrogen) atoms. The summed E-state index contributed by atoms with van der Waals surface area (Å²) in [5.41, 5.74) is 5.67. The van der Waals surface area contributed by atoms with Gasteiger partial charge in [0.25, 0.3) is 10.0 Å². The smallest absolute Gasteiger partial charge is 0.252 e. The zero-order valence-corrected chi connectivity index (χ0v) is 13.4. The van der Waals surface area contributed by atoms with E-state index in [4.69, 9.17) is 5.73 Å². The van der Waals surface area contributed by atoms with E-state index in [9.17, 15) is 8.42 Å². The van der Waals surface area contributed by atoms with Gasteiger partial charge in [-0.1, -0.05) is 0 Å². The molecule has 0 aromatic carbocycles. The average Bonchev–Trinajstić information content (AvgIpc) is 2.77. The third-order valence-electron chi connectivity index (χ3n) is 3.37. The van der Waals surface area contributed by atoms with Gasteiger partial charge in [0.2, 0.25) is 0 Å². The van der Waals surface area contributed by atoms with Gasteiger partial charge >= 0.3 is 0 Å². The molecule has 1 aromatic heterocycles. The minimum atomic E-state index is -3.37. The van der Waals surface area contributed by atoms with E-state index in [1.807, 2.05) is 6.92 Å². The maximum Gasteiger partial charge on any atom is 0.252 e. The van der Waals surface area contributed by atoms with Gasteiger partial charge in [0.1, 0.15) is 4.21 Å². The molecule has 2 atom stereocenters. The monoisotopic (exact) mass is 352 g/mol. The number of sulfonamides is 1. The number of piperidine rings is 1. The molecule has 102 valence electrons. The van der Waals surface area contributed by atoms with E-state index >= 15 is 0 Å². The van der Waals surface area contributed by atoms with E-state index in [0.29, 0.717) is 17.3 Å². The molecule has 1 saturated heterocycles. The molecule has 0 spiro atoms. The Labute approximate surface area is 120 Å². The van der Waals surface area contributed by atoms with Crippen LogP contribution in [0.2, 0.25) is 0 Å². The van der Waals surface area contributed by atoms with Crippen LogP contribution in [0.4, 0.5) is 0 Å². The van der Waals surface area contributed by atoms with E-state index in [-0.39, 0.29) is 12.0 Å². The van der Waals surface area contributed by atoms with Crippen molar-refractivity contribution in [1.82, 2.24) is 4.31 Å². The van der Waals surface area contributed by atoms with Gasteiger partial charge in [-0.2, -0.15) is 4.31 Å². The average molecular weight is 353 g/mol. The van der Waals surface area contributed by atoms with Crippen LogP contribution in [-0.4, -0.2) is 31.9 Å². The highest BCUT2D eigenvalue weighted by atomic mass is 79.9. The molecule has 0 aliphatic carbocycles. The van der Waals surface area contributed by atoms with Gasteiger partial charge < -0.3 is 5.73 Å². The molecule has 4 nitrogen and oxygen atoms in total. The Morgan fingerprint density at radius 3 is 2.78 bits per heavy atom. The first kappa shape index (κ1) is 14.5. The van der Waals surface area contributed by atoms with Crippen molar-refractivity contribution < 1.29 is 8.42 Å². The lowest BCUT2D eigenvalue weighted by molar-refractivity contribution is 0.211. The van der Waals surface area contributed by atoms with Crippen molar-refractivity contribution in [3.63, 3.8) is 0 Å². The van der Waals surface area contributed by atoms with E-state index in [1.165, 1.54) is 11.3 Å². The molecule has 0 saturated carbocycles. The molecule has 0 radical (unpaired) electrons. The molecular formula is C11H17BrN2O2S2. The Bertz CT molecular complexity index is 515. The Morgan fingerprint density at radius 2 is 2.22 bits per heavy atom. The van der Waals surface area contributed by atoms with E-state index in [2.05, 4.69) is 15.9 Å². The summed E-state index contributed by atoms with van der Waals surface area (Å²) in [6.45, 7) is 3.05. The zero-order chi connectivity index (χ0) is 13.3. The summed E-state index contributed by atoms with van der Waals surface area (Å²) < 4.78 is 27.9. The molecule has 1 aromatic rings. The molecule has 0 bridgehead atoms. The molecule has 1 aliphatic heterocycles. The lowest BCUT2D eigenvalue weighted by Gasteiger charge is -2.36. The maximum atomic E-state index is 12.5. The van der Waals surface area contributed by atoms with Crippen LogP contribution in [0.3, 0.4) is 0 Å². The van der Waals surface area contributed by atoms with E-state index in [1.54, 1.807) is 16.4 Å². The van der Waals surface area contributed by atoms with Crippen LogP contribution in [0, 0.1) is 5.92 Å². The predicted molar refractivity (Wildman–Crippen MR) is 77.2 cm³/mol. The first-order chi connectivity index (χ1) is 8.45. The Hall–Kier alpha value is 0.0500. The number of hydrogen-bond donors (Lipinski definition) is 1. The number of rotatable bonds is 3. The van der Waals surface area contributed by atoms with Crippen LogP contribution in [0.15, 0.2) is 20.1 Å². The van der Waals surface area contributed by atoms with Gasteiger partial charge in [0.15, 0.2) is 0 Å². The van der Waals surface area contributed by atoms with Gasteiger partial charge in [-0.05, 0) is 60.3 Å². The number of hydrogen-bond acceptors (Lipinski definition) is 4. The summed E-state index contributed by atoms with van der Waals surface area (Å²) in [4.78, 5) is 0. The largest absolute Gasteiger partial charge is 0.330 e. The topological polar surface area (TPSA) is 63.4 Å². The van der Waals surface area contributed by atoms with Crippen molar-refractivity contribution in [2.75, 3.05) is 13.1 Å². The molecular weight excluding hydrogens is 336 g/mol. The summed E-state index contributed by atoms with van der Waals surface area (Å²) in [5.74, 6) is 0.277. The fourth-order valence-corrected chi connectivity index (χ4v) is 6.10. The second kappa shape index (κ2) is 5.58. The van der Waals surface area contributed by atoms with Crippen LogP contribution < -0.4 is 5.73 Å². The Balaban J connectivity index is 2.28. The van der Waals surface area contributed by atoms with E-state index < -0.39 is 10.0 Å². The van der Waals surface area contributed by atoms with Gasteiger partial charge in [0, 0.05) is 12.6 Å². The van der Waals surface area contributed by atoms with Gasteiger partial charge in [0.05, 0.1) is 3.79 Å². The van der Waals surface area contributed by atoms with Gasteiger partial charge in [-0.3, -0.25) is 0 Å². The molecule has 1 fully saturated rings. The normalized spacial score (nSPS) is 26.4.